The van der Waals surface area contributed by atoms with Crippen molar-refractivity contribution < 1.29 is 4.79 Å². The third kappa shape index (κ3) is 5.13. The van der Waals surface area contributed by atoms with Crippen molar-refractivity contribution in [2.24, 2.45) is 29.4 Å². The molecule has 1 aliphatic rings. The molecule has 3 atom stereocenters. The zero-order chi connectivity index (χ0) is 14.4. The zero-order valence-electron chi connectivity index (χ0n) is 13.2. The summed E-state index contributed by atoms with van der Waals surface area (Å²) in [5.41, 5.74) is 5.65. The fourth-order valence-corrected chi connectivity index (χ4v) is 2.98. The molecular weight excluding hydrogens is 236 g/mol. The Morgan fingerprint density at radius 1 is 1.26 bits per heavy atom. The SMILES string of the molecule is CC(C)C(CCN)CCC(=O)N1CCC(C)C(C)C1. The van der Waals surface area contributed by atoms with Crippen molar-refractivity contribution in [2.75, 3.05) is 19.6 Å². The molecule has 0 spiro atoms. The van der Waals surface area contributed by atoms with E-state index >= 15 is 0 Å². The van der Waals surface area contributed by atoms with Crippen molar-refractivity contribution in [3.63, 3.8) is 0 Å². The van der Waals surface area contributed by atoms with Gasteiger partial charge in [-0.25, -0.2) is 0 Å². The van der Waals surface area contributed by atoms with Gasteiger partial charge in [-0.3, -0.25) is 4.79 Å². The van der Waals surface area contributed by atoms with Crippen LogP contribution in [-0.2, 0) is 4.79 Å². The molecule has 3 heteroatoms. The number of nitrogens with two attached hydrogens (primary N) is 1. The molecule has 112 valence electrons. The fraction of sp³-hybridized carbons (Fsp3) is 0.938. The summed E-state index contributed by atoms with van der Waals surface area (Å²) in [6, 6.07) is 0. The summed E-state index contributed by atoms with van der Waals surface area (Å²) in [7, 11) is 0. The topological polar surface area (TPSA) is 46.3 Å². The van der Waals surface area contributed by atoms with Gasteiger partial charge in [-0.1, -0.05) is 27.7 Å². The molecule has 1 fully saturated rings. The van der Waals surface area contributed by atoms with Gasteiger partial charge in [0, 0.05) is 19.5 Å². The Kier molecular flexibility index (Phi) is 6.84. The Morgan fingerprint density at radius 2 is 1.95 bits per heavy atom. The van der Waals surface area contributed by atoms with Gasteiger partial charge in [0.05, 0.1) is 0 Å². The van der Waals surface area contributed by atoms with Crippen molar-refractivity contribution in [1.82, 2.24) is 4.90 Å². The number of hydrogen-bond acceptors (Lipinski definition) is 2. The summed E-state index contributed by atoms with van der Waals surface area (Å²) in [5.74, 6) is 2.96. The highest BCUT2D eigenvalue weighted by molar-refractivity contribution is 5.76. The number of amides is 1. The fourth-order valence-electron chi connectivity index (χ4n) is 2.98. The smallest absolute Gasteiger partial charge is 0.222 e. The quantitative estimate of drug-likeness (QED) is 0.805. The van der Waals surface area contributed by atoms with E-state index in [1.807, 2.05) is 0 Å². The molecule has 0 aromatic rings. The van der Waals surface area contributed by atoms with E-state index in [-0.39, 0.29) is 0 Å². The van der Waals surface area contributed by atoms with Crippen LogP contribution in [0.5, 0.6) is 0 Å². The standard InChI is InChI=1S/C16H32N2O/c1-12(2)15(7-9-17)5-6-16(19)18-10-8-13(3)14(4)11-18/h12-15H,5-11,17H2,1-4H3. The second kappa shape index (κ2) is 7.88. The van der Waals surface area contributed by atoms with Crippen molar-refractivity contribution >= 4 is 5.91 Å². The van der Waals surface area contributed by atoms with Gasteiger partial charge in [0.2, 0.25) is 5.91 Å². The molecule has 1 amide bonds. The predicted molar refractivity (Wildman–Crippen MR) is 80.8 cm³/mol. The monoisotopic (exact) mass is 268 g/mol. The first-order valence-corrected chi connectivity index (χ1v) is 7.93. The summed E-state index contributed by atoms with van der Waals surface area (Å²) in [5, 5.41) is 0. The van der Waals surface area contributed by atoms with E-state index in [1.165, 1.54) is 0 Å². The highest BCUT2D eigenvalue weighted by atomic mass is 16.2. The van der Waals surface area contributed by atoms with E-state index in [4.69, 9.17) is 5.73 Å². The Balaban J connectivity index is 2.38. The molecule has 0 bridgehead atoms. The van der Waals surface area contributed by atoms with E-state index in [0.717, 1.165) is 44.8 Å². The van der Waals surface area contributed by atoms with Gasteiger partial charge in [-0.05, 0) is 49.5 Å². The van der Waals surface area contributed by atoms with Crippen LogP contribution in [0.2, 0.25) is 0 Å². The van der Waals surface area contributed by atoms with Gasteiger partial charge in [0.1, 0.15) is 0 Å². The first-order valence-electron chi connectivity index (χ1n) is 7.93. The van der Waals surface area contributed by atoms with Crippen LogP contribution in [0.25, 0.3) is 0 Å². The van der Waals surface area contributed by atoms with Crippen molar-refractivity contribution in [3.05, 3.63) is 0 Å². The molecule has 1 rings (SSSR count). The highest BCUT2D eigenvalue weighted by Gasteiger charge is 2.26. The largest absolute Gasteiger partial charge is 0.342 e. The number of piperidine rings is 1. The minimum atomic E-state index is 0.349. The molecule has 0 aromatic carbocycles. The molecule has 2 N–H and O–H groups in total. The Morgan fingerprint density at radius 3 is 2.47 bits per heavy atom. The molecule has 3 nitrogen and oxygen atoms in total. The van der Waals surface area contributed by atoms with Crippen LogP contribution < -0.4 is 5.73 Å². The lowest BCUT2D eigenvalue weighted by Crippen LogP contribution is -2.42. The zero-order valence-corrected chi connectivity index (χ0v) is 13.2. The average molecular weight is 268 g/mol. The second-order valence-corrected chi connectivity index (χ2v) is 6.70. The number of rotatable bonds is 6. The van der Waals surface area contributed by atoms with Crippen molar-refractivity contribution in [2.45, 2.75) is 53.4 Å². The van der Waals surface area contributed by atoms with E-state index < -0.39 is 0 Å². The third-order valence-corrected chi connectivity index (χ3v) is 4.90. The van der Waals surface area contributed by atoms with Gasteiger partial charge >= 0.3 is 0 Å². The Labute approximate surface area is 118 Å². The van der Waals surface area contributed by atoms with Crippen LogP contribution in [0.4, 0.5) is 0 Å². The minimum Gasteiger partial charge on any atom is -0.342 e. The molecule has 0 saturated carbocycles. The van der Waals surface area contributed by atoms with Crippen LogP contribution in [0.1, 0.15) is 53.4 Å². The summed E-state index contributed by atoms with van der Waals surface area (Å²) in [6.45, 7) is 11.6. The van der Waals surface area contributed by atoms with Crippen molar-refractivity contribution in [1.29, 1.82) is 0 Å². The van der Waals surface area contributed by atoms with Crippen LogP contribution in [-0.4, -0.2) is 30.4 Å². The minimum absolute atomic E-state index is 0.349. The van der Waals surface area contributed by atoms with Gasteiger partial charge in [0.25, 0.3) is 0 Å². The molecule has 3 unspecified atom stereocenters. The normalized spacial score (nSPS) is 25.7. The predicted octanol–water partition coefficient (Wildman–Crippen LogP) is 2.89. The second-order valence-electron chi connectivity index (χ2n) is 6.70. The van der Waals surface area contributed by atoms with Gasteiger partial charge < -0.3 is 10.6 Å². The van der Waals surface area contributed by atoms with E-state index in [2.05, 4.69) is 32.6 Å². The van der Waals surface area contributed by atoms with Gasteiger partial charge in [-0.2, -0.15) is 0 Å². The summed E-state index contributed by atoms with van der Waals surface area (Å²) < 4.78 is 0. The number of carbonyl (C=O) groups excluding carboxylic acids is 1. The third-order valence-electron chi connectivity index (χ3n) is 4.90. The maximum Gasteiger partial charge on any atom is 0.222 e. The lowest BCUT2D eigenvalue weighted by Gasteiger charge is -2.35. The summed E-state index contributed by atoms with van der Waals surface area (Å²) in [6.07, 6.45) is 3.89. The van der Waals surface area contributed by atoms with Crippen LogP contribution in [0, 0.1) is 23.7 Å². The first kappa shape index (κ1) is 16.5. The number of nitrogens with zero attached hydrogens (tertiary/aromatic N) is 1. The molecule has 1 heterocycles. The van der Waals surface area contributed by atoms with Crippen LogP contribution >= 0.6 is 0 Å². The van der Waals surface area contributed by atoms with E-state index in [0.29, 0.717) is 30.1 Å². The lowest BCUT2D eigenvalue weighted by molar-refractivity contribution is -0.134. The molecule has 0 aromatic heterocycles. The summed E-state index contributed by atoms with van der Waals surface area (Å²) >= 11 is 0. The summed E-state index contributed by atoms with van der Waals surface area (Å²) in [4.78, 5) is 14.4. The lowest BCUT2D eigenvalue weighted by atomic mass is 9.86. The van der Waals surface area contributed by atoms with Crippen LogP contribution in [0.15, 0.2) is 0 Å². The van der Waals surface area contributed by atoms with E-state index in [9.17, 15) is 4.79 Å². The molecular formula is C16H32N2O. The van der Waals surface area contributed by atoms with E-state index in [1.54, 1.807) is 0 Å². The number of likely N-dealkylation sites (tertiary alicyclic amines) is 1. The molecule has 1 aliphatic heterocycles. The Bertz CT molecular complexity index is 278. The number of hydrogen-bond donors (Lipinski definition) is 1. The average Bonchev–Trinajstić information content (AvgIpc) is 2.37. The molecule has 0 radical (unpaired) electrons. The molecule has 0 aliphatic carbocycles. The molecule has 1 saturated heterocycles. The van der Waals surface area contributed by atoms with Gasteiger partial charge in [0.15, 0.2) is 0 Å². The first-order chi connectivity index (χ1) is 8.95. The maximum absolute atomic E-state index is 12.3. The highest BCUT2D eigenvalue weighted by Crippen LogP contribution is 2.25. The van der Waals surface area contributed by atoms with Crippen molar-refractivity contribution in [3.8, 4) is 0 Å². The maximum atomic E-state index is 12.3. The Hall–Kier alpha value is -0.570. The van der Waals surface area contributed by atoms with Crippen LogP contribution in [0.3, 0.4) is 0 Å². The van der Waals surface area contributed by atoms with Gasteiger partial charge in [-0.15, -0.1) is 0 Å². The molecule has 19 heavy (non-hydrogen) atoms. The number of carbonyl (C=O) groups is 1.